The van der Waals surface area contributed by atoms with E-state index in [1.807, 2.05) is 42.7 Å². The normalized spacial score (nSPS) is 11.9. The molecular formula is C65H48IrN4-4. The monoisotopic (exact) mass is 1080 g/mol. The smallest absolute Gasteiger partial charge is 0.0239 e. The molecule has 2 aromatic heterocycles. The van der Waals surface area contributed by atoms with Crippen molar-refractivity contribution in [3.8, 4) is 67.0 Å². The van der Waals surface area contributed by atoms with Gasteiger partial charge in [0.05, 0.1) is 0 Å². The van der Waals surface area contributed by atoms with Crippen LogP contribution in [0.3, 0.4) is 0 Å². The second kappa shape index (κ2) is 21.6. The van der Waals surface area contributed by atoms with E-state index in [9.17, 15) is 0 Å². The van der Waals surface area contributed by atoms with Crippen molar-refractivity contribution in [3.05, 3.63) is 284 Å². The molecule has 5 heteroatoms. The standard InChI is InChI=1S/C65H48N4.Ir/c1-4-13-52(14-5-1)53-30-32-54(33-31-53)56-17-12-18-57(44-56)65-38-34-58(46-67-65)62-21-10-11-22-63(62)59-42-50(41-51(43-59)26-24-49-29-37-64(66-45-49)55-15-6-2-7-16-55)25-23-48-27-35-61(36-28-48)69-40-39-68(47-69)60-19-8-3-9-20-60;/h1-15,17,19-22,27-35,37-47H,23-26H2;/q-4;. The fraction of sp³-hybridized carbons (Fsp3) is 0.0615. The molecule has 8 aromatic carbocycles. The second-order valence-electron chi connectivity index (χ2n) is 17.4. The zero-order valence-electron chi connectivity index (χ0n) is 38.5. The fourth-order valence-electron chi connectivity index (χ4n) is 9.06. The van der Waals surface area contributed by atoms with Gasteiger partial charge in [-0.3, -0.25) is 0 Å². The molecule has 0 spiro atoms. The molecular weight excluding hydrogens is 1030 g/mol. The molecule has 0 fully saturated rings. The molecule has 10 aromatic rings. The molecule has 4 nitrogen and oxygen atoms in total. The molecule has 3 heterocycles. The number of benzene rings is 8. The Morgan fingerprint density at radius 1 is 0.386 bits per heavy atom. The molecule has 341 valence electrons. The van der Waals surface area contributed by atoms with Crippen molar-refractivity contribution in [3.63, 3.8) is 0 Å². The van der Waals surface area contributed by atoms with Crippen LogP contribution in [0.2, 0.25) is 0 Å². The molecule has 0 amide bonds. The molecule has 0 bridgehead atoms. The van der Waals surface area contributed by atoms with Gasteiger partial charge in [-0.25, -0.2) is 0 Å². The molecule has 0 N–H and O–H groups in total. The molecule has 0 aliphatic carbocycles. The van der Waals surface area contributed by atoms with E-state index in [4.69, 9.17) is 9.97 Å². The maximum absolute atomic E-state index is 5.03. The maximum atomic E-state index is 5.03. The third-order valence-corrected chi connectivity index (χ3v) is 12.8. The largest absolute Gasteiger partial charge is 0.500 e. The molecule has 0 unspecified atom stereocenters. The van der Waals surface area contributed by atoms with Crippen LogP contribution < -0.4 is 9.80 Å². The van der Waals surface area contributed by atoms with Crippen molar-refractivity contribution in [2.24, 2.45) is 0 Å². The van der Waals surface area contributed by atoms with E-state index in [0.29, 0.717) is 0 Å². The summed E-state index contributed by atoms with van der Waals surface area (Å²) in [4.78, 5) is 14.1. The average Bonchev–Trinajstić information content (AvgIpc) is 3.94. The molecule has 0 atom stereocenters. The number of aryl methyl sites for hydroxylation is 4. The molecule has 11 rings (SSSR count). The van der Waals surface area contributed by atoms with E-state index in [0.717, 1.165) is 81.8 Å². The van der Waals surface area contributed by atoms with Crippen LogP contribution in [0.5, 0.6) is 0 Å². The summed E-state index contributed by atoms with van der Waals surface area (Å²) in [6.07, 6.45) is 11.8. The van der Waals surface area contributed by atoms with Gasteiger partial charge in [0.2, 0.25) is 0 Å². The second-order valence-corrected chi connectivity index (χ2v) is 17.4. The number of para-hydroxylation sites is 1. The van der Waals surface area contributed by atoms with Gasteiger partial charge in [-0.15, -0.1) is 89.7 Å². The Labute approximate surface area is 425 Å². The number of pyridine rings is 2. The van der Waals surface area contributed by atoms with Gasteiger partial charge >= 0.3 is 0 Å². The minimum Gasteiger partial charge on any atom is -0.500 e. The van der Waals surface area contributed by atoms with E-state index < -0.39 is 0 Å². The summed E-state index contributed by atoms with van der Waals surface area (Å²) in [5.41, 5.74) is 20.3. The zero-order chi connectivity index (χ0) is 46.2. The molecule has 1 aliphatic rings. The topological polar surface area (TPSA) is 32.3 Å². The summed E-state index contributed by atoms with van der Waals surface area (Å²) < 4.78 is 0. The summed E-state index contributed by atoms with van der Waals surface area (Å²) in [6.45, 7) is 2.09. The van der Waals surface area contributed by atoms with Crippen LogP contribution in [0.4, 0.5) is 11.4 Å². The first kappa shape index (κ1) is 45.8. The van der Waals surface area contributed by atoms with E-state index in [1.54, 1.807) is 0 Å². The Balaban J connectivity index is 0.00000567. The van der Waals surface area contributed by atoms with Crippen LogP contribution in [-0.2, 0) is 45.8 Å². The molecule has 70 heavy (non-hydrogen) atoms. The van der Waals surface area contributed by atoms with Crippen molar-refractivity contribution in [1.29, 1.82) is 0 Å². The minimum absolute atomic E-state index is 0. The number of nitrogens with zero attached hydrogens (tertiary/aromatic N) is 4. The quantitative estimate of drug-likeness (QED) is 0.102. The van der Waals surface area contributed by atoms with Gasteiger partial charge in [0.1, 0.15) is 0 Å². The van der Waals surface area contributed by atoms with E-state index >= 15 is 0 Å². The number of rotatable bonds is 14. The van der Waals surface area contributed by atoms with Crippen LogP contribution in [0.15, 0.2) is 237 Å². The van der Waals surface area contributed by atoms with Crippen molar-refractivity contribution < 1.29 is 20.1 Å². The van der Waals surface area contributed by atoms with Gasteiger partial charge in [-0.2, -0.15) is 23.8 Å². The van der Waals surface area contributed by atoms with Gasteiger partial charge < -0.3 is 19.8 Å². The van der Waals surface area contributed by atoms with Crippen LogP contribution >= 0.6 is 0 Å². The van der Waals surface area contributed by atoms with E-state index in [2.05, 4.69) is 229 Å². The molecule has 0 saturated heterocycles. The third-order valence-electron chi connectivity index (χ3n) is 12.8. The summed E-state index contributed by atoms with van der Waals surface area (Å²) in [5.74, 6) is 0. The number of aromatic nitrogens is 2. The summed E-state index contributed by atoms with van der Waals surface area (Å²) >= 11 is 0. The SMILES string of the molecule is [Ir].[c-]1ccccc1-c1ccc(CCc2cc(CCc3c[c-]c(N4C=CN(c5ccccc5)[CH-]4)cc3)cc(-c3ccccc3-c3ccc(-c4[c-]ccc(-c5ccc(-c6ccccc6)cc5)c4)nc3)c2)cn1. The van der Waals surface area contributed by atoms with Crippen molar-refractivity contribution in [2.45, 2.75) is 25.7 Å². The van der Waals surface area contributed by atoms with Crippen LogP contribution in [0, 0.1) is 24.9 Å². The maximum Gasteiger partial charge on any atom is 0.0239 e. The van der Waals surface area contributed by atoms with Crippen LogP contribution in [0.25, 0.3) is 67.0 Å². The number of hydrogen-bond donors (Lipinski definition) is 0. The first-order valence-electron chi connectivity index (χ1n) is 23.6. The Kier molecular flexibility index (Phi) is 14.1. The van der Waals surface area contributed by atoms with Crippen molar-refractivity contribution >= 4 is 11.4 Å². The summed E-state index contributed by atoms with van der Waals surface area (Å²) in [7, 11) is 0. The summed E-state index contributed by atoms with van der Waals surface area (Å²) in [6, 6.07) is 85.2. The fourth-order valence-corrected chi connectivity index (χ4v) is 9.06. The third kappa shape index (κ3) is 10.7. The predicted molar refractivity (Wildman–Crippen MR) is 284 cm³/mol. The molecule has 0 saturated carbocycles. The first-order chi connectivity index (χ1) is 34.1. The molecule has 1 aliphatic heterocycles. The van der Waals surface area contributed by atoms with Crippen LogP contribution in [0.1, 0.15) is 22.3 Å². The number of anilines is 2. The van der Waals surface area contributed by atoms with Gasteiger partial charge in [-0.1, -0.05) is 146 Å². The van der Waals surface area contributed by atoms with Crippen molar-refractivity contribution in [1.82, 2.24) is 9.97 Å². The molecule has 1 radical (unpaired) electrons. The average molecular weight is 1080 g/mol. The predicted octanol–water partition coefficient (Wildman–Crippen LogP) is 15.4. The Morgan fingerprint density at radius 3 is 1.66 bits per heavy atom. The van der Waals surface area contributed by atoms with E-state index in [1.165, 1.54) is 44.5 Å². The van der Waals surface area contributed by atoms with Crippen LogP contribution in [-0.4, -0.2) is 9.97 Å². The number of hydrogen-bond acceptors (Lipinski definition) is 4. The minimum atomic E-state index is 0. The van der Waals surface area contributed by atoms with E-state index in [-0.39, 0.29) is 20.1 Å². The Hall–Kier alpha value is -7.95. The zero-order valence-corrected chi connectivity index (χ0v) is 40.9. The van der Waals surface area contributed by atoms with Gasteiger partial charge in [0.15, 0.2) is 0 Å². The Morgan fingerprint density at radius 2 is 0.971 bits per heavy atom. The van der Waals surface area contributed by atoms with Gasteiger partial charge in [-0.05, 0) is 111 Å². The van der Waals surface area contributed by atoms with Gasteiger partial charge in [0.25, 0.3) is 0 Å². The summed E-state index contributed by atoms with van der Waals surface area (Å²) in [5, 5.41) is 0. The first-order valence-corrected chi connectivity index (χ1v) is 23.6. The Bertz CT molecular complexity index is 3320. The van der Waals surface area contributed by atoms with Gasteiger partial charge in [0, 0.05) is 38.2 Å². The van der Waals surface area contributed by atoms with Crippen molar-refractivity contribution in [2.75, 3.05) is 9.80 Å².